The van der Waals surface area contributed by atoms with E-state index in [1.165, 1.54) is 6.07 Å². The summed E-state index contributed by atoms with van der Waals surface area (Å²) in [6, 6.07) is 3.18. The van der Waals surface area contributed by atoms with Crippen LogP contribution in [0.15, 0.2) is 12.1 Å². The lowest BCUT2D eigenvalue weighted by Gasteiger charge is -2.35. The standard InChI is InChI=1S/C14H17Cl2NO2/c15-11-3-4-12(18)13(16)10(11)7-17-5-8-1-2-9(6-17)14(8)19/h3-4,8-9,14,18-19H,1-2,5-7H2/t8-,9+,14?. The number of piperidine rings is 1. The molecule has 0 aromatic heterocycles. The number of aromatic hydroxyl groups is 1. The highest BCUT2D eigenvalue weighted by atomic mass is 35.5. The van der Waals surface area contributed by atoms with Gasteiger partial charge in [0, 0.05) is 30.2 Å². The molecule has 1 aromatic rings. The van der Waals surface area contributed by atoms with Crippen molar-refractivity contribution >= 4 is 23.2 Å². The van der Waals surface area contributed by atoms with Crippen molar-refractivity contribution < 1.29 is 10.2 Å². The van der Waals surface area contributed by atoms with Crippen LogP contribution in [0.3, 0.4) is 0 Å². The van der Waals surface area contributed by atoms with Crippen molar-refractivity contribution in [3.05, 3.63) is 27.7 Å². The van der Waals surface area contributed by atoms with Crippen LogP contribution in [-0.4, -0.2) is 34.3 Å². The molecule has 2 N–H and O–H groups in total. The number of nitrogens with zero attached hydrogens (tertiary/aromatic N) is 1. The average molecular weight is 302 g/mol. The van der Waals surface area contributed by atoms with Gasteiger partial charge in [-0.2, -0.15) is 0 Å². The normalized spacial score (nSPS) is 30.8. The maximum atomic E-state index is 10.0. The zero-order chi connectivity index (χ0) is 13.6. The van der Waals surface area contributed by atoms with Crippen molar-refractivity contribution in [3.63, 3.8) is 0 Å². The fourth-order valence-electron chi connectivity index (χ4n) is 3.37. The number of aliphatic hydroxyl groups excluding tert-OH is 1. The number of fused-ring (bicyclic) bond motifs is 2. The van der Waals surface area contributed by atoms with E-state index < -0.39 is 0 Å². The number of halogens is 2. The van der Waals surface area contributed by atoms with E-state index in [-0.39, 0.29) is 11.9 Å². The maximum absolute atomic E-state index is 10.0. The molecular weight excluding hydrogens is 285 g/mol. The van der Waals surface area contributed by atoms with Gasteiger partial charge in [-0.25, -0.2) is 0 Å². The number of hydrogen-bond acceptors (Lipinski definition) is 3. The van der Waals surface area contributed by atoms with Crippen LogP contribution in [-0.2, 0) is 6.54 Å². The third-order valence-corrected chi connectivity index (χ3v) is 5.18. The van der Waals surface area contributed by atoms with E-state index in [1.54, 1.807) is 6.07 Å². The van der Waals surface area contributed by atoms with Crippen molar-refractivity contribution in [1.29, 1.82) is 0 Å². The van der Waals surface area contributed by atoms with Gasteiger partial charge in [-0.05, 0) is 36.8 Å². The third kappa shape index (κ3) is 2.45. The number of benzene rings is 1. The van der Waals surface area contributed by atoms with Gasteiger partial charge in [0.2, 0.25) is 0 Å². The second-order valence-electron chi connectivity index (χ2n) is 5.64. The zero-order valence-corrected chi connectivity index (χ0v) is 12.0. The summed E-state index contributed by atoms with van der Waals surface area (Å²) in [7, 11) is 0. The summed E-state index contributed by atoms with van der Waals surface area (Å²) in [5.41, 5.74) is 0.777. The lowest BCUT2D eigenvalue weighted by atomic mass is 9.95. The number of hydrogen-bond donors (Lipinski definition) is 2. The average Bonchev–Trinajstić information content (AvgIpc) is 2.63. The highest BCUT2D eigenvalue weighted by molar-refractivity contribution is 6.36. The first-order chi connectivity index (χ1) is 9.06. The Labute approximate surface area is 122 Å². The smallest absolute Gasteiger partial charge is 0.134 e. The van der Waals surface area contributed by atoms with E-state index >= 15 is 0 Å². The van der Waals surface area contributed by atoms with Crippen molar-refractivity contribution in [2.45, 2.75) is 25.5 Å². The minimum Gasteiger partial charge on any atom is -0.506 e. The molecule has 0 amide bonds. The van der Waals surface area contributed by atoms with Crippen molar-refractivity contribution in [2.75, 3.05) is 13.1 Å². The number of likely N-dealkylation sites (tertiary alicyclic amines) is 1. The van der Waals surface area contributed by atoms with Gasteiger partial charge in [-0.3, -0.25) is 4.90 Å². The molecule has 1 aromatic carbocycles. The first-order valence-electron chi connectivity index (χ1n) is 6.62. The molecule has 1 unspecified atom stereocenters. The third-order valence-electron chi connectivity index (χ3n) is 4.41. The first-order valence-corrected chi connectivity index (χ1v) is 7.38. The molecule has 3 rings (SSSR count). The SMILES string of the molecule is Oc1ccc(Cl)c(CN2C[C@H]3CC[C@@H](C2)C3O)c1Cl. The summed E-state index contributed by atoms with van der Waals surface area (Å²) in [5.74, 6) is 0.809. The number of phenolic OH excluding ortho intramolecular Hbond substituents is 1. The Morgan fingerprint density at radius 2 is 1.79 bits per heavy atom. The molecule has 2 aliphatic rings. The van der Waals surface area contributed by atoms with Gasteiger partial charge in [0.05, 0.1) is 11.1 Å². The molecular formula is C14H17Cl2NO2. The fraction of sp³-hybridized carbons (Fsp3) is 0.571. The number of aliphatic hydroxyl groups is 1. The Balaban J connectivity index is 1.78. The Bertz CT molecular complexity index is 481. The van der Waals surface area contributed by atoms with E-state index in [2.05, 4.69) is 4.90 Å². The minimum atomic E-state index is -0.147. The number of rotatable bonds is 2. The molecule has 104 valence electrons. The molecule has 3 nitrogen and oxygen atoms in total. The highest BCUT2D eigenvalue weighted by Crippen LogP contribution is 2.39. The zero-order valence-electron chi connectivity index (χ0n) is 10.5. The summed E-state index contributed by atoms with van der Waals surface area (Å²) in [6.07, 6.45) is 2.06. The van der Waals surface area contributed by atoms with Crippen LogP contribution < -0.4 is 0 Å². The van der Waals surface area contributed by atoms with E-state index in [0.717, 1.165) is 31.5 Å². The summed E-state index contributed by atoms with van der Waals surface area (Å²) in [6.45, 7) is 2.38. The van der Waals surface area contributed by atoms with Crippen LogP contribution in [0.2, 0.25) is 10.0 Å². The predicted octanol–water partition coefficient (Wildman–Crippen LogP) is 2.90. The summed E-state index contributed by atoms with van der Waals surface area (Å²) < 4.78 is 0. The maximum Gasteiger partial charge on any atom is 0.134 e. The quantitative estimate of drug-likeness (QED) is 0.883. The van der Waals surface area contributed by atoms with Crippen molar-refractivity contribution in [2.24, 2.45) is 11.8 Å². The largest absolute Gasteiger partial charge is 0.506 e. The van der Waals surface area contributed by atoms with Crippen LogP contribution >= 0.6 is 23.2 Å². The van der Waals surface area contributed by atoms with Gasteiger partial charge in [-0.1, -0.05) is 23.2 Å². The van der Waals surface area contributed by atoms with Crippen LogP contribution in [0.25, 0.3) is 0 Å². The molecule has 0 spiro atoms. The van der Waals surface area contributed by atoms with Gasteiger partial charge in [0.1, 0.15) is 5.75 Å². The summed E-state index contributed by atoms with van der Waals surface area (Å²) in [4.78, 5) is 2.28. The molecule has 1 heterocycles. The minimum absolute atomic E-state index is 0.0704. The van der Waals surface area contributed by atoms with Crippen molar-refractivity contribution in [3.8, 4) is 5.75 Å². The van der Waals surface area contributed by atoms with Gasteiger partial charge in [-0.15, -0.1) is 0 Å². The first kappa shape index (κ1) is 13.5. The molecule has 19 heavy (non-hydrogen) atoms. The van der Waals surface area contributed by atoms with Crippen LogP contribution in [0, 0.1) is 11.8 Å². The molecule has 1 aliphatic carbocycles. The predicted molar refractivity (Wildman–Crippen MR) is 75.6 cm³/mol. The van der Waals surface area contributed by atoms with E-state index in [1.807, 2.05) is 0 Å². The lowest BCUT2D eigenvalue weighted by molar-refractivity contribution is 0.0139. The summed E-state index contributed by atoms with van der Waals surface area (Å²) in [5, 5.41) is 20.6. The van der Waals surface area contributed by atoms with Gasteiger partial charge in [0.15, 0.2) is 0 Å². The highest BCUT2D eigenvalue weighted by Gasteiger charge is 2.40. The molecule has 0 radical (unpaired) electrons. The van der Waals surface area contributed by atoms with Gasteiger partial charge >= 0.3 is 0 Å². The van der Waals surface area contributed by atoms with Gasteiger partial charge in [0.25, 0.3) is 0 Å². The molecule has 3 atom stereocenters. The van der Waals surface area contributed by atoms with E-state index in [0.29, 0.717) is 28.4 Å². The molecule has 2 bridgehead atoms. The van der Waals surface area contributed by atoms with Gasteiger partial charge < -0.3 is 10.2 Å². The molecule has 5 heteroatoms. The van der Waals surface area contributed by atoms with Crippen LogP contribution in [0.4, 0.5) is 0 Å². The molecule has 1 saturated heterocycles. The Morgan fingerprint density at radius 1 is 1.16 bits per heavy atom. The second-order valence-corrected chi connectivity index (χ2v) is 6.43. The van der Waals surface area contributed by atoms with Crippen LogP contribution in [0.5, 0.6) is 5.75 Å². The number of phenols is 1. The fourth-order valence-corrected chi connectivity index (χ4v) is 3.86. The topological polar surface area (TPSA) is 43.7 Å². The Morgan fingerprint density at radius 3 is 2.42 bits per heavy atom. The second kappa shape index (κ2) is 5.13. The Hall–Kier alpha value is -0.480. The summed E-state index contributed by atoms with van der Waals surface area (Å²) >= 11 is 12.3. The van der Waals surface area contributed by atoms with Crippen molar-refractivity contribution in [1.82, 2.24) is 4.90 Å². The Kier molecular flexibility index (Phi) is 3.65. The monoisotopic (exact) mass is 301 g/mol. The molecule has 2 fully saturated rings. The van der Waals surface area contributed by atoms with Crippen LogP contribution in [0.1, 0.15) is 18.4 Å². The lowest BCUT2D eigenvalue weighted by Crippen LogP contribution is -2.44. The molecule has 1 saturated carbocycles. The molecule has 1 aliphatic heterocycles. The van der Waals surface area contributed by atoms with E-state index in [4.69, 9.17) is 23.2 Å². The van der Waals surface area contributed by atoms with E-state index in [9.17, 15) is 10.2 Å².